The molecule has 1 nitrogen and oxygen atoms in total. The summed E-state index contributed by atoms with van der Waals surface area (Å²) in [6, 6.07) is 4.40. The Bertz CT molecular complexity index is 446. The first kappa shape index (κ1) is 17.1. The normalized spacial score (nSPS) is 13.7. The number of aromatic hydroxyl groups is 1. The Morgan fingerprint density at radius 1 is 0.800 bits per heavy atom. The van der Waals surface area contributed by atoms with Gasteiger partial charge in [0.2, 0.25) is 0 Å². The fourth-order valence-corrected chi connectivity index (χ4v) is 2.37. The van der Waals surface area contributed by atoms with Crippen molar-refractivity contribution in [2.45, 2.75) is 85.0 Å². The van der Waals surface area contributed by atoms with Gasteiger partial charge in [0, 0.05) is 0 Å². The number of benzene rings is 1. The fraction of sp³-hybridized carbons (Fsp3) is 0.684. The smallest absolute Gasteiger partial charge is 0.123 e. The van der Waals surface area contributed by atoms with E-state index in [-0.39, 0.29) is 16.2 Å². The van der Waals surface area contributed by atoms with Crippen LogP contribution in [0.1, 0.15) is 85.4 Å². The van der Waals surface area contributed by atoms with Crippen molar-refractivity contribution >= 4 is 0 Å². The topological polar surface area (TPSA) is 20.2 Å². The van der Waals surface area contributed by atoms with Crippen LogP contribution < -0.4 is 0 Å². The Morgan fingerprint density at radius 3 is 1.40 bits per heavy atom. The monoisotopic (exact) mass is 276 g/mol. The molecule has 0 radical (unpaired) electrons. The first-order valence-electron chi connectivity index (χ1n) is 7.69. The second-order valence-corrected chi connectivity index (χ2v) is 8.66. The zero-order valence-electron chi connectivity index (χ0n) is 14.8. The molecule has 0 saturated heterocycles. The highest BCUT2D eigenvalue weighted by Crippen LogP contribution is 2.42. The highest BCUT2D eigenvalue weighted by atomic mass is 16.3. The van der Waals surface area contributed by atoms with Gasteiger partial charge in [-0.2, -0.15) is 0 Å². The van der Waals surface area contributed by atoms with Crippen molar-refractivity contribution in [1.29, 1.82) is 0 Å². The fourth-order valence-electron chi connectivity index (χ4n) is 2.37. The molecule has 1 N–H and O–H groups in total. The predicted molar refractivity (Wildman–Crippen MR) is 88.8 cm³/mol. The standard InChI is InChI=1S/C19H32O/c1-10-19(8,9)13-11-14(17(2,3)4)16(20)15(12-13)18(5,6)7/h11-12,20H,10H2,1-9H3. The molecule has 0 spiro atoms. The maximum atomic E-state index is 10.7. The lowest BCUT2D eigenvalue weighted by molar-refractivity contribution is 0.418. The van der Waals surface area contributed by atoms with Crippen LogP contribution in [0.3, 0.4) is 0 Å². The molecular formula is C19H32O. The van der Waals surface area contributed by atoms with Crippen molar-refractivity contribution < 1.29 is 5.11 Å². The van der Waals surface area contributed by atoms with Crippen LogP contribution in [0.2, 0.25) is 0 Å². The van der Waals surface area contributed by atoms with Gasteiger partial charge in [0.15, 0.2) is 0 Å². The van der Waals surface area contributed by atoms with Crippen LogP contribution in [0.4, 0.5) is 0 Å². The first-order chi connectivity index (χ1) is 8.80. The molecule has 0 amide bonds. The van der Waals surface area contributed by atoms with Crippen molar-refractivity contribution in [3.05, 3.63) is 28.8 Å². The van der Waals surface area contributed by atoms with Crippen molar-refractivity contribution in [2.75, 3.05) is 0 Å². The Balaban J connectivity index is 3.68. The van der Waals surface area contributed by atoms with E-state index in [1.165, 1.54) is 5.56 Å². The van der Waals surface area contributed by atoms with E-state index in [0.717, 1.165) is 17.5 Å². The van der Waals surface area contributed by atoms with Gasteiger partial charge in [-0.05, 0) is 39.4 Å². The van der Waals surface area contributed by atoms with Crippen molar-refractivity contribution in [3.8, 4) is 5.75 Å². The summed E-state index contributed by atoms with van der Waals surface area (Å²) in [7, 11) is 0. The predicted octanol–water partition coefficient (Wildman–Crippen LogP) is 5.67. The van der Waals surface area contributed by atoms with E-state index >= 15 is 0 Å². The van der Waals surface area contributed by atoms with Crippen LogP contribution in [-0.2, 0) is 16.2 Å². The maximum absolute atomic E-state index is 10.7. The summed E-state index contributed by atoms with van der Waals surface area (Å²) in [5.74, 6) is 0.473. The molecule has 0 saturated carbocycles. The SMILES string of the molecule is CCC(C)(C)c1cc(C(C)(C)C)c(O)c(C(C)(C)C)c1. The van der Waals surface area contributed by atoms with Crippen LogP contribution >= 0.6 is 0 Å². The van der Waals surface area contributed by atoms with E-state index in [2.05, 4.69) is 74.4 Å². The summed E-state index contributed by atoms with van der Waals surface area (Å²) in [5, 5.41) is 10.7. The molecule has 20 heavy (non-hydrogen) atoms. The number of hydrogen-bond acceptors (Lipinski definition) is 1. The number of phenols is 1. The van der Waals surface area contributed by atoms with Crippen LogP contribution in [0, 0.1) is 0 Å². The molecule has 1 rings (SSSR count). The minimum atomic E-state index is -0.0517. The third-order valence-electron chi connectivity index (χ3n) is 4.39. The maximum Gasteiger partial charge on any atom is 0.123 e. The van der Waals surface area contributed by atoms with Crippen LogP contribution in [-0.4, -0.2) is 5.11 Å². The Kier molecular flexibility index (Phi) is 4.35. The number of phenolic OH excluding ortho intramolecular Hbond substituents is 1. The van der Waals surface area contributed by atoms with E-state index in [4.69, 9.17) is 0 Å². The molecule has 0 aliphatic rings. The summed E-state index contributed by atoms with van der Waals surface area (Å²) in [6.45, 7) is 19.8. The lowest BCUT2D eigenvalue weighted by atomic mass is 9.73. The largest absolute Gasteiger partial charge is 0.507 e. The van der Waals surface area contributed by atoms with Gasteiger partial charge in [-0.3, -0.25) is 0 Å². The molecule has 0 atom stereocenters. The zero-order valence-corrected chi connectivity index (χ0v) is 14.8. The van der Waals surface area contributed by atoms with Crippen molar-refractivity contribution in [1.82, 2.24) is 0 Å². The van der Waals surface area contributed by atoms with Gasteiger partial charge < -0.3 is 5.11 Å². The third-order valence-corrected chi connectivity index (χ3v) is 4.39. The second kappa shape index (κ2) is 5.09. The van der Waals surface area contributed by atoms with Crippen molar-refractivity contribution in [2.24, 2.45) is 0 Å². The van der Waals surface area contributed by atoms with Crippen molar-refractivity contribution in [3.63, 3.8) is 0 Å². The van der Waals surface area contributed by atoms with Crippen LogP contribution in [0.25, 0.3) is 0 Å². The van der Waals surface area contributed by atoms with Gasteiger partial charge in [0.1, 0.15) is 5.75 Å². The molecular weight excluding hydrogens is 244 g/mol. The highest BCUT2D eigenvalue weighted by Gasteiger charge is 2.29. The van der Waals surface area contributed by atoms with E-state index in [9.17, 15) is 5.11 Å². The van der Waals surface area contributed by atoms with Gasteiger partial charge in [0.05, 0.1) is 0 Å². The molecule has 0 bridgehead atoms. The summed E-state index contributed by atoms with van der Waals surface area (Å²) < 4.78 is 0. The Hall–Kier alpha value is -0.980. The first-order valence-corrected chi connectivity index (χ1v) is 7.69. The van der Waals surface area contributed by atoms with Gasteiger partial charge in [-0.15, -0.1) is 0 Å². The molecule has 0 aliphatic carbocycles. The van der Waals surface area contributed by atoms with Gasteiger partial charge in [0.25, 0.3) is 0 Å². The summed E-state index contributed by atoms with van der Waals surface area (Å²) in [5.41, 5.74) is 3.47. The molecule has 1 heteroatoms. The average molecular weight is 276 g/mol. The molecule has 0 aromatic heterocycles. The van der Waals surface area contributed by atoms with E-state index in [1.807, 2.05) is 0 Å². The van der Waals surface area contributed by atoms with Gasteiger partial charge in [-0.25, -0.2) is 0 Å². The minimum Gasteiger partial charge on any atom is -0.507 e. The molecule has 0 unspecified atom stereocenters. The minimum absolute atomic E-state index is 0.0517. The van der Waals surface area contributed by atoms with E-state index in [0.29, 0.717) is 5.75 Å². The Labute approximate surface area is 125 Å². The molecule has 114 valence electrons. The second-order valence-electron chi connectivity index (χ2n) is 8.66. The van der Waals surface area contributed by atoms with Gasteiger partial charge >= 0.3 is 0 Å². The molecule has 0 heterocycles. The zero-order chi connectivity index (χ0) is 15.9. The van der Waals surface area contributed by atoms with Crippen LogP contribution in [0.5, 0.6) is 5.75 Å². The average Bonchev–Trinajstić information content (AvgIpc) is 2.25. The summed E-state index contributed by atoms with van der Waals surface area (Å²) in [4.78, 5) is 0. The van der Waals surface area contributed by atoms with E-state index in [1.54, 1.807) is 0 Å². The van der Waals surface area contributed by atoms with Crippen LogP contribution in [0.15, 0.2) is 12.1 Å². The Morgan fingerprint density at radius 2 is 1.15 bits per heavy atom. The molecule has 1 aromatic rings. The summed E-state index contributed by atoms with van der Waals surface area (Å²) >= 11 is 0. The highest BCUT2D eigenvalue weighted by molar-refractivity contribution is 5.51. The number of hydrogen-bond donors (Lipinski definition) is 1. The van der Waals surface area contributed by atoms with E-state index < -0.39 is 0 Å². The lowest BCUT2D eigenvalue weighted by Gasteiger charge is -2.32. The van der Waals surface area contributed by atoms with Gasteiger partial charge in [-0.1, -0.05) is 74.4 Å². The molecule has 0 fully saturated rings. The third kappa shape index (κ3) is 3.37. The lowest BCUT2D eigenvalue weighted by Crippen LogP contribution is -2.22. The number of rotatable bonds is 2. The quantitative estimate of drug-likeness (QED) is 0.737. The molecule has 1 aromatic carbocycles. The molecule has 0 aliphatic heterocycles. The summed E-state index contributed by atoms with van der Waals surface area (Å²) in [6.07, 6.45) is 1.09.